The van der Waals surface area contributed by atoms with Crippen molar-refractivity contribution in [3.8, 4) is 11.5 Å². The van der Waals surface area contributed by atoms with Crippen LogP contribution in [0.25, 0.3) is 0 Å². The monoisotopic (exact) mass is 229 g/mol. The Labute approximate surface area is 98.2 Å². The van der Waals surface area contributed by atoms with Gasteiger partial charge in [0.25, 0.3) is 0 Å². The molecule has 0 spiro atoms. The van der Waals surface area contributed by atoms with Gasteiger partial charge < -0.3 is 20.5 Å². The van der Waals surface area contributed by atoms with E-state index in [4.69, 9.17) is 15.2 Å². The molecule has 0 saturated carbocycles. The maximum absolute atomic E-state index is 5.80. The van der Waals surface area contributed by atoms with Gasteiger partial charge in [-0.3, -0.25) is 4.98 Å². The Morgan fingerprint density at radius 1 is 1.18 bits per heavy atom. The molecule has 17 heavy (non-hydrogen) atoms. The van der Waals surface area contributed by atoms with Gasteiger partial charge in [0.15, 0.2) is 11.5 Å². The predicted molar refractivity (Wildman–Crippen MR) is 64.5 cm³/mol. The summed E-state index contributed by atoms with van der Waals surface area (Å²) in [5, 5.41) is 3.20. The van der Waals surface area contributed by atoms with Gasteiger partial charge in [-0.05, 0) is 18.2 Å². The number of rotatable bonds is 2. The van der Waals surface area contributed by atoms with Gasteiger partial charge in [-0.25, -0.2) is 0 Å². The van der Waals surface area contributed by atoms with Crippen LogP contribution in [0.4, 0.5) is 17.1 Å². The number of nitrogens with zero attached hydrogens (tertiary/aromatic N) is 1. The van der Waals surface area contributed by atoms with Crippen LogP contribution in [0.5, 0.6) is 11.5 Å². The average Bonchev–Trinajstić information content (AvgIpc) is 2.79. The average molecular weight is 229 g/mol. The molecule has 1 aliphatic heterocycles. The van der Waals surface area contributed by atoms with Crippen LogP contribution in [0.2, 0.25) is 0 Å². The van der Waals surface area contributed by atoms with E-state index in [9.17, 15) is 0 Å². The summed E-state index contributed by atoms with van der Waals surface area (Å²) in [6.45, 7) is 0.274. The molecule has 1 aliphatic rings. The normalized spacial score (nSPS) is 12.5. The van der Waals surface area contributed by atoms with Crippen molar-refractivity contribution in [2.75, 3.05) is 17.8 Å². The summed E-state index contributed by atoms with van der Waals surface area (Å²) < 4.78 is 10.5. The number of nitrogens with one attached hydrogen (secondary N) is 1. The minimum Gasteiger partial charge on any atom is -0.454 e. The van der Waals surface area contributed by atoms with Crippen molar-refractivity contribution < 1.29 is 9.47 Å². The first-order chi connectivity index (χ1) is 8.33. The largest absolute Gasteiger partial charge is 0.454 e. The Balaban J connectivity index is 1.89. The van der Waals surface area contributed by atoms with E-state index in [1.54, 1.807) is 12.4 Å². The van der Waals surface area contributed by atoms with Crippen LogP contribution >= 0.6 is 0 Å². The second-order valence-electron chi connectivity index (χ2n) is 3.66. The lowest BCUT2D eigenvalue weighted by Gasteiger charge is -2.08. The molecule has 0 atom stereocenters. The van der Waals surface area contributed by atoms with Crippen molar-refractivity contribution in [2.45, 2.75) is 0 Å². The highest BCUT2D eigenvalue weighted by molar-refractivity contribution is 5.72. The quantitative estimate of drug-likeness (QED) is 0.825. The van der Waals surface area contributed by atoms with Crippen LogP contribution in [0.3, 0.4) is 0 Å². The number of pyridine rings is 1. The van der Waals surface area contributed by atoms with E-state index in [0.717, 1.165) is 22.9 Å². The molecule has 2 aromatic rings. The molecule has 3 rings (SSSR count). The molecule has 0 radical (unpaired) electrons. The minimum absolute atomic E-state index is 0.274. The lowest BCUT2D eigenvalue weighted by molar-refractivity contribution is 0.174. The summed E-state index contributed by atoms with van der Waals surface area (Å²) in [7, 11) is 0. The summed E-state index contributed by atoms with van der Waals surface area (Å²) in [6.07, 6.45) is 3.29. The van der Waals surface area contributed by atoms with Gasteiger partial charge in [-0.15, -0.1) is 0 Å². The van der Waals surface area contributed by atoms with Crippen LogP contribution < -0.4 is 20.5 Å². The van der Waals surface area contributed by atoms with Gasteiger partial charge in [-0.1, -0.05) is 0 Å². The van der Waals surface area contributed by atoms with Crippen LogP contribution in [0.15, 0.2) is 36.7 Å². The summed E-state index contributed by atoms with van der Waals surface area (Å²) >= 11 is 0. The van der Waals surface area contributed by atoms with Gasteiger partial charge in [-0.2, -0.15) is 0 Å². The Morgan fingerprint density at radius 2 is 2.06 bits per heavy atom. The third-order valence-electron chi connectivity index (χ3n) is 2.50. The van der Waals surface area contributed by atoms with Gasteiger partial charge in [0.1, 0.15) is 0 Å². The number of anilines is 3. The molecule has 0 bridgehead atoms. The summed E-state index contributed by atoms with van der Waals surface area (Å²) in [6, 6.07) is 7.47. The van der Waals surface area contributed by atoms with Crippen LogP contribution in [-0.2, 0) is 0 Å². The van der Waals surface area contributed by atoms with Crippen molar-refractivity contribution >= 4 is 17.1 Å². The first kappa shape index (κ1) is 9.77. The second kappa shape index (κ2) is 3.86. The smallest absolute Gasteiger partial charge is 0.231 e. The fourth-order valence-electron chi connectivity index (χ4n) is 1.65. The molecule has 5 heteroatoms. The highest BCUT2D eigenvalue weighted by atomic mass is 16.7. The fourth-order valence-corrected chi connectivity index (χ4v) is 1.65. The van der Waals surface area contributed by atoms with Crippen molar-refractivity contribution in [1.29, 1.82) is 0 Å². The maximum atomic E-state index is 5.80. The molecule has 1 aromatic carbocycles. The van der Waals surface area contributed by atoms with Gasteiger partial charge in [0.05, 0.1) is 17.6 Å². The molecule has 86 valence electrons. The molecular weight excluding hydrogens is 218 g/mol. The number of nitrogens with two attached hydrogens (primary N) is 1. The van der Waals surface area contributed by atoms with Gasteiger partial charge >= 0.3 is 0 Å². The molecule has 0 unspecified atom stereocenters. The Morgan fingerprint density at radius 3 is 2.94 bits per heavy atom. The highest BCUT2D eigenvalue weighted by Gasteiger charge is 2.13. The molecule has 0 fully saturated rings. The number of fused-ring (bicyclic) bond motifs is 1. The van der Waals surface area contributed by atoms with E-state index in [1.165, 1.54) is 0 Å². The summed E-state index contributed by atoms with van der Waals surface area (Å²) in [5.41, 5.74) is 8.12. The number of ether oxygens (including phenoxy) is 2. The van der Waals surface area contributed by atoms with E-state index < -0.39 is 0 Å². The topological polar surface area (TPSA) is 69.4 Å². The summed E-state index contributed by atoms with van der Waals surface area (Å²) in [4.78, 5) is 3.93. The van der Waals surface area contributed by atoms with Crippen molar-refractivity contribution in [3.63, 3.8) is 0 Å². The highest BCUT2D eigenvalue weighted by Crippen LogP contribution is 2.35. The van der Waals surface area contributed by atoms with Gasteiger partial charge in [0.2, 0.25) is 6.79 Å². The van der Waals surface area contributed by atoms with Crippen LogP contribution in [-0.4, -0.2) is 11.8 Å². The van der Waals surface area contributed by atoms with E-state index in [1.807, 2.05) is 24.3 Å². The van der Waals surface area contributed by atoms with E-state index in [-0.39, 0.29) is 6.79 Å². The summed E-state index contributed by atoms with van der Waals surface area (Å²) in [5.74, 6) is 1.50. The Kier molecular flexibility index (Phi) is 2.22. The van der Waals surface area contributed by atoms with Gasteiger partial charge in [0, 0.05) is 18.0 Å². The maximum Gasteiger partial charge on any atom is 0.231 e. The Hall–Kier alpha value is -2.43. The minimum atomic E-state index is 0.274. The zero-order chi connectivity index (χ0) is 11.7. The van der Waals surface area contributed by atoms with Crippen molar-refractivity contribution in [1.82, 2.24) is 4.98 Å². The number of hydrogen-bond donors (Lipinski definition) is 2. The standard InChI is InChI=1S/C12H11N3O2/c13-9-6-14-4-3-10(9)15-8-1-2-11-12(5-8)17-7-16-11/h1-6H,7,13H2,(H,14,15). The third kappa shape index (κ3) is 1.82. The lowest BCUT2D eigenvalue weighted by Crippen LogP contribution is -1.96. The zero-order valence-electron chi connectivity index (χ0n) is 9.01. The fraction of sp³-hybridized carbons (Fsp3) is 0.0833. The molecule has 0 saturated heterocycles. The molecular formula is C12H11N3O2. The first-order valence-corrected chi connectivity index (χ1v) is 5.19. The first-order valence-electron chi connectivity index (χ1n) is 5.19. The molecule has 1 aromatic heterocycles. The van der Waals surface area contributed by atoms with Crippen molar-refractivity contribution in [3.05, 3.63) is 36.7 Å². The van der Waals surface area contributed by atoms with E-state index >= 15 is 0 Å². The SMILES string of the molecule is Nc1cnccc1Nc1ccc2c(c1)OCO2. The number of aromatic nitrogens is 1. The number of nitrogen functional groups attached to an aromatic ring is 1. The number of hydrogen-bond acceptors (Lipinski definition) is 5. The van der Waals surface area contributed by atoms with E-state index in [2.05, 4.69) is 10.3 Å². The molecule has 3 N–H and O–H groups in total. The predicted octanol–water partition coefficient (Wildman–Crippen LogP) is 2.14. The molecule has 5 nitrogen and oxygen atoms in total. The number of benzene rings is 1. The second-order valence-corrected chi connectivity index (χ2v) is 3.66. The Bertz CT molecular complexity index is 557. The molecule has 0 amide bonds. The van der Waals surface area contributed by atoms with E-state index in [0.29, 0.717) is 5.69 Å². The zero-order valence-corrected chi connectivity index (χ0v) is 9.01. The van der Waals surface area contributed by atoms with Crippen LogP contribution in [0, 0.1) is 0 Å². The molecule has 2 heterocycles. The molecule has 0 aliphatic carbocycles. The van der Waals surface area contributed by atoms with Crippen LogP contribution in [0.1, 0.15) is 0 Å². The third-order valence-corrected chi connectivity index (χ3v) is 2.50. The van der Waals surface area contributed by atoms with Crippen molar-refractivity contribution in [2.24, 2.45) is 0 Å². The lowest BCUT2D eigenvalue weighted by atomic mass is 10.2.